The lowest BCUT2D eigenvalue weighted by molar-refractivity contribution is 0.0690. The van der Waals surface area contributed by atoms with Crippen LogP contribution in [0.2, 0.25) is 0 Å². The minimum atomic E-state index is -3.74. The van der Waals surface area contributed by atoms with E-state index in [1.54, 1.807) is 0 Å². The summed E-state index contributed by atoms with van der Waals surface area (Å²) in [5.41, 5.74) is 0.373. The van der Waals surface area contributed by atoms with Crippen molar-refractivity contribution in [3.8, 4) is 0 Å². The fourth-order valence-electron chi connectivity index (χ4n) is 1.87. The van der Waals surface area contributed by atoms with Crippen molar-refractivity contribution < 1.29 is 23.4 Å². The third-order valence-corrected chi connectivity index (χ3v) is 4.46. The number of aryl methyl sites for hydroxylation is 1. The van der Waals surface area contributed by atoms with Crippen LogP contribution in [0.4, 0.5) is 0 Å². The smallest absolute Gasteiger partial charge is 0.352 e. The molecule has 1 rings (SSSR count). The molecule has 0 bridgehead atoms. The van der Waals surface area contributed by atoms with Crippen LogP contribution in [-0.4, -0.2) is 42.7 Å². The highest BCUT2D eigenvalue weighted by molar-refractivity contribution is 7.89. The van der Waals surface area contributed by atoms with Gasteiger partial charge in [0.05, 0.1) is 0 Å². The van der Waals surface area contributed by atoms with E-state index in [0.29, 0.717) is 18.5 Å². The van der Waals surface area contributed by atoms with Crippen molar-refractivity contribution in [2.75, 3.05) is 13.2 Å². The lowest BCUT2D eigenvalue weighted by Crippen LogP contribution is -2.26. The van der Waals surface area contributed by atoms with Crippen molar-refractivity contribution in [1.29, 1.82) is 0 Å². The SMILES string of the molecule is Cc1[nH]c(C(=O)O)c(C)c1S(=O)(=O)NCCCCO. The zero-order chi connectivity index (χ0) is 14.6. The number of carbonyl (C=O) groups is 1. The molecule has 0 aliphatic carbocycles. The van der Waals surface area contributed by atoms with Crippen LogP contribution in [0.3, 0.4) is 0 Å². The van der Waals surface area contributed by atoms with Crippen LogP contribution in [0.25, 0.3) is 0 Å². The summed E-state index contributed by atoms with van der Waals surface area (Å²) in [6.07, 6.45) is 1.03. The molecule has 0 aromatic carbocycles. The molecule has 0 unspecified atom stereocenters. The molecule has 19 heavy (non-hydrogen) atoms. The number of sulfonamides is 1. The van der Waals surface area contributed by atoms with Crippen LogP contribution >= 0.6 is 0 Å². The first-order valence-electron chi connectivity index (χ1n) is 5.84. The van der Waals surface area contributed by atoms with Gasteiger partial charge in [0.25, 0.3) is 0 Å². The van der Waals surface area contributed by atoms with Gasteiger partial charge < -0.3 is 15.2 Å². The Morgan fingerprint density at radius 3 is 2.42 bits per heavy atom. The van der Waals surface area contributed by atoms with Gasteiger partial charge in [-0.3, -0.25) is 0 Å². The summed E-state index contributed by atoms with van der Waals surface area (Å²) in [6, 6.07) is 0. The second-order valence-electron chi connectivity index (χ2n) is 4.21. The third-order valence-electron chi connectivity index (χ3n) is 2.73. The van der Waals surface area contributed by atoms with E-state index in [1.165, 1.54) is 13.8 Å². The molecule has 0 amide bonds. The van der Waals surface area contributed by atoms with Gasteiger partial charge in [-0.1, -0.05) is 0 Å². The molecule has 0 radical (unpaired) electrons. The number of aromatic amines is 1. The minimum absolute atomic E-state index is 0.00704. The summed E-state index contributed by atoms with van der Waals surface area (Å²) in [5, 5.41) is 17.6. The highest BCUT2D eigenvalue weighted by Crippen LogP contribution is 2.22. The number of aliphatic hydroxyl groups excluding tert-OH is 1. The largest absolute Gasteiger partial charge is 0.477 e. The van der Waals surface area contributed by atoms with Crippen LogP contribution < -0.4 is 4.72 Å². The van der Waals surface area contributed by atoms with Crippen LogP contribution in [0, 0.1) is 13.8 Å². The zero-order valence-electron chi connectivity index (χ0n) is 10.9. The van der Waals surface area contributed by atoms with E-state index < -0.39 is 16.0 Å². The Bertz CT molecular complexity index is 562. The summed E-state index contributed by atoms with van der Waals surface area (Å²) in [7, 11) is -3.74. The summed E-state index contributed by atoms with van der Waals surface area (Å²) in [4.78, 5) is 13.5. The molecule has 1 heterocycles. The van der Waals surface area contributed by atoms with Crippen molar-refractivity contribution in [2.24, 2.45) is 0 Å². The number of unbranched alkanes of at least 4 members (excludes halogenated alkanes) is 1. The second kappa shape index (κ2) is 6.18. The highest BCUT2D eigenvalue weighted by atomic mass is 32.2. The van der Waals surface area contributed by atoms with Crippen molar-refractivity contribution >= 4 is 16.0 Å². The van der Waals surface area contributed by atoms with Crippen LogP contribution in [-0.2, 0) is 10.0 Å². The Balaban J connectivity index is 2.99. The molecular weight excluding hydrogens is 272 g/mol. The van der Waals surface area contributed by atoms with Gasteiger partial charge >= 0.3 is 5.97 Å². The number of carboxylic acids is 1. The molecule has 8 heteroatoms. The van der Waals surface area contributed by atoms with E-state index in [4.69, 9.17) is 10.2 Å². The summed E-state index contributed by atoms with van der Waals surface area (Å²) >= 11 is 0. The Kier molecular flexibility index (Phi) is 5.10. The number of hydrogen-bond acceptors (Lipinski definition) is 4. The molecule has 0 aliphatic rings. The Morgan fingerprint density at radius 1 is 1.32 bits per heavy atom. The quantitative estimate of drug-likeness (QED) is 0.541. The number of nitrogens with one attached hydrogen (secondary N) is 2. The molecule has 1 aromatic rings. The summed E-state index contributed by atoms with van der Waals surface area (Å²) in [6.45, 7) is 3.18. The van der Waals surface area contributed by atoms with Gasteiger partial charge in [-0.2, -0.15) is 0 Å². The number of aliphatic hydroxyl groups is 1. The Labute approximate surface area is 111 Å². The van der Waals surface area contributed by atoms with E-state index in [-0.39, 0.29) is 29.3 Å². The van der Waals surface area contributed by atoms with Gasteiger partial charge in [-0.05, 0) is 26.7 Å². The topological polar surface area (TPSA) is 119 Å². The number of aromatic carboxylic acids is 1. The predicted molar refractivity (Wildman–Crippen MR) is 68.7 cm³/mol. The number of H-pyrrole nitrogens is 1. The molecule has 7 nitrogen and oxygen atoms in total. The van der Waals surface area contributed by atoms with E-state index >= 15 is 0 Å². The maximum atomic E-state index is 12.1. The summed E-state index contributed by atoms with van der Waals surface area (Å²) in [5.74, 6) is -1.19. The van der Waals surface area contributed by atoms with Crippen molar-refractivity contribution in [3.63, 3.8) is 0 Å². The van der Waals surface area contributed by atoms with Crippen LogP contribution in [0.1, 0.15) is 34.6 Å². The summed E-state index contributed by atoms with van der Waals surface area (Å²) < 4.78 is 26.6. The lowest BCUT2D eigenvalue weighted by Gasteiger charge is -2.07. The lowest BCUT2D eigenvalue weighted by atomic mass is 10.2. The first kappa shape index (κ1) is 15.7. The fourth-order valence-corrected chi connectivity index (χ4v) is 3.38. The van der Waals surface area contributed by atoms with Crippen LogP contribution in [0.5, 0.6) is 0 Å². The Morgan fingerprint density at radius 2 is 1.95 bits per heavy atom. The van der Waals surface area contributed by atoms with E-state index in [2.05, 4.69) is 9.71 Å². The van der Waals surface area contributed by atoms with Crippen molar-refractivity contribution in [1.82, 2.24) is 9.71 Å². The molecule has 0 atom stereocenters. The van der Waals surface area contributed by atoms with E-state index in [0.717, 1.165) is 0 Å². The van der Waals surface area contributed by atoms with Gasteiger partial charge in [-0.25, -0.2) is 17.9 Å². The zero-order valence-corrected chi connectivity index (χ0v) is 11.7. The number of rotatable bonds is 7. The van der Waals surface area contributed by atoms with E-state index in [1.807, 2.05) is 0 Å². The molecule has 108 valence electrons. The second-order valence-corrected chi connectivity index (χ2v) is 5.92. The molecular formula is C11H18N2O5S. The van der Waals surface area contributed by atoms with Gasteiger partial charge in [0, 0.05) is 24.4 Å². The fraction of sp³-hybridized carbons (Fsp3) is 0.545. The predicted octanol–water partition coefficient (Wildman–Crippen LogP) is 0.381. The molecule has 0 fully saturated rings. The number of aromatic nitrogens is 1. The number of carboxylic acid groups (broad SMARTS) is 1. The van der Waals surface area contributed by atoms with E-state index in [9.17, 15) is 13.2 Å². The van der Waals surface area contributed by atoms with Crippen LogP contribution in [0.15, 0.2) is 4.90 Å². The monoisotopic (exact) mass is 290 g/mol. The van der Waals surface area contributed by atoms with Crippen molar-refractivity contribution in [3.05, 3.63) is 17.0 Å². The maximum Gasteiger partial charge on any atom is 0.352 e. The molecule has 1 aromatic heterocycles. The van der Waals surface area contributed by atoms with Gasteiger partial charge in [-0.15, -0.1) is 0 Å². The standard InChI is InChI=1S/C11H18N2O5S/c1-7-9(11(15)16)13-8(2)10(7)19(17,18)12-5-3-4-6-14/h12-14H,3-6H2,1-2H3,(H,15,16). The molecule has 0 spiro atoms. The molecule has 4 N–H and O–H groups in total. The van der Waals surface area contributed by atoms with Gasteiger partial charge in [0.2, 0.25) is 10.0 Å². The maximum absolute atomic E-state index is 12.1. The number of hydrogen-bond donors (Lipinski definition) is 4. The molecule has 0 saturated heterocycles. The Hall–Kier alpha value is -1.38. The average molecular weight is 290 g/mol. The first-order chi connectivity index (χ1) is 8.81. The van der Waals surface area contributed by atoms with Crippen molar-refractivity contribution in [2.45, 2.75) is 31.6 Å². The molecule has 0 saturated carbocycles. The first-order valence-corrected chi connectivity index (χ1v) is 7.32. The minimum Gasteiger partial charge on any atom is -0.477 e. The third kappa shape index (κ3) is 3.55. The highest BCUT2D eigenvalue weighted by Gasteiger charge is 2.25. The normalized spacial score (nSPS) is 11.7. The van der Waals surface area contributed by atoms with Gasteiger partial charge in [0.15, 0.2) is 0 Å². The average Bonchev–Trinajstić information content (AvgIpc) is 2.61. The van der Waals surface area contributed by atoms with Gasteiger partial charge in [0.1, 0.15) is 10.6 Å². The molecule has 0 aliphatic heterocycles.